The van der Waals surface area contributed by atoms with E-state index in [0.717, 1.165) is 32.6 Å². The molecule has 1 aromatic carbocycles. The average molecular weight is 602 g/mol. The largest absolute Gasteiger partial charge is 0.496 e. The van der Waals surface area contributed by atoms with Gasteiger partial charge in [-0.25, -0.2) is 4.79 Å². The Morgan fingerprint density at radius 3 is 2.13 bits per heavy atom. The summed E-state index contributed by atoms with van der Waals surface area (Å²) in [6.45, 7) is 23.6. The Labute approximate surface area is 239 Å². The number of aromatic nitrogens is 1. The number of hydrogen-bond donors (Lipinski definition) is 0. The zero-order chi connectivity index (χ0) is 29.0. The van der Waals surface area contributed by atoms with Gasteiger partial charge in [-0.15, -0.1) is 5.54 Å². The third-order valence-corrected chi connectivity index (χ3v) is 13.9. The summed E-state index contributed by atoms with van der Waals surface area (Å²) < 4.78 is 12.3. The Morgan fingerprint density at radius 2 is 1.63 bits per heavy atom. The number of benzene rings is 1. The molecule has 0 unspecified atom stereocenters. The molecule has 0 saturated carbocycles. The normalized spacial score (nSPS) is 12.0. The van der Waals surface area contributed by atoms with Crippen molar-refractivity contribution < 1.29 is 14.3 Å². The Hall–Kier alpha value is -2.30. The molecular formula is C31H45BrN2O3Si. The van der Waals surface area contributed by atoms with E-state index in [-0.39, 0.29) is 6.54 Å². The molecule has 0 aliphatic carbocycles. The lowest BCUT2D eigenvalue weighted by atomic mass is 10.1. The van der Waals surface area contributed by atoms with E-state index in [0.29, 0.717) is 22.3 Å². The number of hydrogen-bond acceptors (Lipinski definition) is 4. The number of anilines is 1. The first kappa shape index (κ1) is 31.9. The zero-order valence-electron chi connectivity index (χ0n) is 25.2. The van der Waals surface area contributed by atoms with Crippen LogP contribution in [0.25, 0.3) is 0 Å². The third-order valence-electron chi connectivity index (χ3n) is 7.16. The van der Waals surface area contributed by atoms with E-state index < -0.39 is 19.8 Å². The number of halogens is 1. The maximum Gasteiger partial charge on any atom is 0.415 e. The van der Waals surface area contributed by atoms with Crippen LogP contribution in [0.5, 0.6) is 5.75 Å². The molecule has 0 radical (unpaired) electrons. The molecule has 0 fully saturated rings. The minimum atomic E-state index is -1.92. The first-order valence-corrected chi connectivity index (χ1v) is 16.4. The van der Waals surface area contributed by atoms with Crippen molar-refractivity contribution in [2.45, 2.75) is 105 Å². The van der Waals surface area contributed by atoms with Gasteiger partial charge in [0.25, 0.3) is 0 Å². The summed E-state index contributed by atoms with van der Waals surface area (Å²) in [4.78, 5) is 19.8. The topological polar surface area (TPSA) is 51.7 Å². The predicted octanol–water partition coefficient (Wildman–Crippen LogP) is 8.98. The maximum absolute atomic E-state index is 13.5. The SMILES string of the molecule is COc1c(C)cnc(CN(C(=O)OC(C)(C)C)c2cc(Br)cc(C#C[Si](C(C)C)(C(C)C)C(C)C)c2)c1C. The van der Waals surface area contributed by atoms with Crippen LogP contribution in [0.4, 0.5) is 10.5 Å². The molecule has 1 heterocycles. The molecule has 2 rings (SSSR count). The lowest BCUT2D eigenvalue weighted by Gasteiger charge is -2.38. The summed E-state index contributed by atoms with van der Waals surface area (Å²) >= 11 is 3.66. The summed E-state index contributed by atoms with van der Waals surface area (Å²) in [7, 11) is -0.264. The van der Waals surface area contributed by atoms with E-state index in [4.69, 9.17) is 9.47 Å². The lowest BCUT2D eigenvalue weighted by Crippen LogP contribution is -2.43. The second-order valence-corrected chi connectivity index (χ2v) is 18.5. The van der Waals surface area contributed by atoms with Gasteiger partial charge in [0, 0.05) is 33.0 Å². The fourth-order valence-corrected chi connectivity index (χ4v) is 11.1. The highest BCUT2D eigenvalue weighted by Crippen LogP contribution is 2.41. The van der Waals surface area contributed by atoms with Crippen molar-refractivity contribution in [1.82, 2.24) is 4.98 Å². The molecule has 208 valence electrons. The summed E-state index contributed by atoms with van der Waals surface area (Å²) in [5.74, 6) is 4.30. The van der Waals surface area contributed by atoms with Crippen molar-refractivity contribution in [1.29, 1.82) is 0 Å². The number of aryl methyl sites for hydroxylation is 1. The summed E-state index contributed by atoms with van der Waals surface area (Å²) in [6, 6.07) is 5.92. The molecule has 0 aliphatic rings. The van der Waals surface area contributed by atoms with Crippen LogP contribution < -0.4 is 9.64 Å². The van der Waals surface area contributed by atoms with Crippen molar-refractivity contribution in [3.63, 3.8) is 0 Å². The van der Waals surface area contributed by atoms with Gasteiger partial charge in [0.1, 0.15) is 19.4 Å². The Kier molecular flexibility index (Phi) is 10.7. The second kappa shape index (κ2) is 12.7. The van der Waals surface area contributed by atoms with Crippen LogP contribution in [0.2, 0.25) is 16.6 Å². The monoisotopic (exact) mass is 600 g/mol. The Bertz CT molecular complexity index is 1180. The molecule has 38 heavy (non-hydrogen) atoms. The van der Waals surface area contributed by atoms with Crippen LogP contribution in [-0.4, -0.2) is 31.9 Å². The van der Waals surface area contributed by atoms with Crippen LogP contribution >= 0.6 is 15.9 Å². The summed E-state index contributed by atoms with van der Waals surface area (Å²) in [5, 5.41) is 0. The van der Waals surface area contributed by atoms with Crippen LogP contribution in [-0.2, 0) is 11.3 Å². The minimum absolute atomic E-state index is 0.239. The number of rotatable bonds is 7. The molecular weight excluding hydrogens is 556 g/mol. The van der Waals surface area contributed by atoms with Gasteiger partial charge in [-0.05, 0) is 69.4 Å². The molecule has 1 amide bonds. The minimum Gasteiger partial charge on any atom is -0.496 e. The van der Waals surface area contributed by atoms with Crippen LogP contribution in [0, 0.1) is 25.3 Å². The molecule has 1 aromatic heterocycles. The van der Waals surface area contributed by atoms with Gasteiger partial charge in [0.05, 0.1) is 19.3 Å². The quantitative estimate of drug-likeness (QED) is 0.235. The number of amides is 1. The fourth-order valence-electron chi connectivity index (χ4n) is 5.37. The van der Waals surface area contributed by atoms with Crippen LogP contribution in [0.1, 0.15) is 84.7 Å². The standard InChI is InChI=1S/C31H45BrN2O3Si/c1-20(2)38(21(3)4,22(5)6)14-13-25-15-26(32)17-27(16-25)34(30(35)37-31(9,10)11)19-28-24(8)29(36-12)23(7)18-33-28/h15-18,20-22H,19H2,1-12H3. The van der Waals surface area contributed by atoms with E-state index in [1.807, 2.05) is 52.8 Å². The van der Waals surface area contributed by atoms with Gasteiger partial charge < -0.3 is 9.47 Å². The molecule has 2 aromatic rings. The number of pyridine rings is 1. The number of carbonyl (C=O) groups is 1. The molecule has 0 saturated heterocycles. The van der Waals surface area contributed by atoms with E-state index >= 15 is 0 Å². The second-order valence-electron chi connectivity index (χ2n) is 12.0. The average Bonchev–Trinajstić information content (AvgIpc) is 2.77. The summed E-state index contributed by atoms with van der Waals surface area (Å²) in [6.07, 6.45) is 1.34. The van der Waals surface area contributed by atoms with E-state index in [1.165, 1.54) is 0 Å². The Balaban J connectivity index is 2.66. The Morgan fingerprint density at radius 1 is 1.05 bits per heavy atom. The fraction of sp³-hybridized carbons (Fsp3) is 0.548. The highest BCUT2D eigenvalue weighted by Gasteiger charge is 2.41. The third kappa shape index (κ3) is 7.42. The predicted molar refractivity (Wildman–Crippen MR) is 165 cm³/mol. The smallest absolute Gasteiger partial charge is 0.415 e. The van der Waals surface area contributed by atoms with E-state index in [9.17, 15) is 4.79 Å². The lowest BCUT2D eigenvalue weighted by molar-refractivity contribution is 0.0577. The van der Waals surface area contributed by atoms with Crippen molar-refractivity contribution in [2.24, 2.45) is 0 Å². The number of methoxy groups -OCH3 is 1. The first-order valence-electron chi connectivity index (χ1n) is 13.4. The van der Waals surface area contributed by atoms with Crippen LogP contribution in [0.3, 0.4) is 0 Å². The van der Waals surface area contributed by atoms with Gasteiger partial charge in [-0.2, -0.15) is 0 Å². The number of carbonyl (C=O) groups excluding carboxylic acids is 1. The molecule has 7 heteroatoms. The van der Waals surface area contributed by atoms with Crippen molar-refractivity contribution >= 4 is 35.8 Å². The highest BCUT2D eigenvalue weighted by molar-refractivity contribution is 9.10. The summed E-state index contributed by atoms with van der Waals surface area (Å²) in [5.41, 5.74) is 8.91. The van der Waals surface area contributed by atoms with Crippen LogP contribution in [0.15, 0.2) is 28.9 Å². The zero-order valence-corrected chi connectivity index (χ0v) is 27.8. The van der Waals surface area contributed by atoms with Gasteiger partial charge in [-0.3, -0.25) is 9.88 Å². The van der Waals surface area contributed by atoms with Crippen molar-refractivity contribution in [2.75, 3.05) is 12.0 Å². The highest BCUT2D eigenvalue weighted by atomic mass is 79.9. The van der Waals surface area contributed by atoms with E-state index in [1.54, 1.807) is 18.2 Å². The van der Waals surface area contributed by atoms with Gasteiger partial charge in [0.2, 0.25) is 0 Å². The van der Waals surface area contributed by atoms with E-state index in [2.05, 4.69) is 73.9 Å². The van der Waals surface area contributed by atoms with Crippen molar-refractivity contribution in [3.8, 4) is 17.2 Å². The molecule has 5 nitrogen and oxygen atoms in total. The molecule has 0 bridgehead atoms. The van der Waals surface area contributed by atoms with Gasteiger partial charge in [-0.1, -0.05) is 63.4 Å². The van der Waals surface area contributed by atoms with Gasteiger partial charge >= 0.3 is 6.09 Å². The van der Waals surface area contributed by atoms with Gasteiger partial charge in [0.15, 0.2) is 0 Å². The molecule has 0 spiro atoms. The van der Waals surface area contributed by atoms with Crippen molar-refractivity contribution in [3.05, 3.63) is 51.3 Å². The first-order chi connectivity index (χ1) is 17.5. The molecule has 0 N–H and O–H groups in total. The molecule has 0 aliphatic heterocycles. The number of nitrogens with zero attached hydrogens (tertiary/aromatic N) is 2. The maximum atomic E-state index is 13.5. The molecule has 0 atom stereocenters. The number of ether oxygens (including phenoxy) is 2.